The highest BCUT2D eigenvalue weighted by molar-refractivity contribution is 7.99. The Hall–Kier alpha value is -3.42. The van der Waals surface area contributed by atoms with Crippen molar-refractivity contribution in [2.24, 2.45) is 5.10 Å². The fourth-order valence-electron chi connectivity index (χ4n) is 2.97. The molecule has 0 saturated carbocycles. The normalized spacial score (nSPS) is 12.6. The van der Waals surface area contributed by atoms with Gasteiger partial charge in [0.2, 0.25) is 0 Å². The number of H-pyrrole nitrogens is 1. The maximum Gasteiger partial charge on any atom is 0.250 e. The molecule has 3 aromatic carbocycles. The number of benzene rings is 3. The van der Waals surface area contributed by atoms with Crippen LogP contribution < -0.4 is 5.43 Å². The smallest absolute Gasteiger partial charge is 0.250 e. The second kappa shape index (κ2) is 9.39. The molecule has 0 spiro atoms. The van der Waals surface area contributed by atoms with E-state index in [1.807, 2.05) is 84.9 Å². The van der Waals surface area contributed by atoms with Crippen molar-refractivity contribution in [1.29, 1.82) is 0 Å². The maximum absolute atomic E-state index is 12.4. The number of aliphatic hydroxyl groups is 1. The monoisotopic (exact) mass is 416 g/mol. The second-order valence-electron chi connectivity index (χ2n) is 6.56. The number of hydrazone groups is 1. The topological polar surface area (TPSA) is 90.4 Å². The lowest BCUT2D eigenvalue weighted by molar-refractivity contribution is -0.118. The van der Waals surface area contributed by atoms with Crippen molar-refractivity contribution in [2.75, 3.05) is 5.75 Å². The number of imidazole rings is 1. The highest BCUT2D eigenvalue weighted by Crippen LogP contribution is 2.20. The van der Waals surface area contributed by atoms with Gasteiger partial charge in [0.1, 0.15) is 11.8 Å². The van der Waals surface area contributed by atoms with Gasteiger partial charge in [-0.2, -0.15) is 5.10 Å². The number of aromatic nitrogens is 2. The average Bonchev–Trinajstić information content (AvgIpc) is 3.22. The van der Waals surface area contributed by atoms with Gasteiger partial charge in [-0.05, 0) is 17.7 Å². The summed E-state index contributed by atoms with van der Waals surface area (Å²) < 4.78 is 0. The predicted molar refractivity (Wildman–Crippen MR) is 119 cm³/mol. The molecular weight excluding hydrogens is 396 g/mol. The van der Waals surface area contributed by atoms with E-state index in [1.54, 1.807) is 0 Å². The van der Waals surface area contributed by atoms with E-state index in [9.17, 15) is 9.90 Å². The summed E-state index contributed by atoms with van der Waals surface area (Å²) in [5, 5.41) is 15.8. The van der Waals surface area contributed by atoms with E-state index in [2.05, 4.69) is 20.5 Å². The van der Waals surface area contributed by atoms with E-state index in [0.717, 1.165) is 16.6 Å². The number of thioether (sulfide) groups is 1. The lowest BCUT2D eigenvalue weighted by Gasteiger charge is -2.14. The highest BCUT2D eigenvalue weighted by atomic mass is 32.2. The summed E-state index contributed by atoms with van der Waals surface area (Å²) in [6.07, 6.45) is -0.961. The van der Waals surface area contributed by atoms with Crippen molar-refractivity contribution in [2.45, 2.75) is 11.3 Å². The summed E-state index contributed by atoms with van der Waals surface area (Å²) >= 11 is 1.30. The van der Waals surface area contributed by atoms with Gasteiger partial charge in [0.25, 0.3) is 5.91 Å². The number of nitrogens with one attached hydrogen (secondary N) is 2. The first-order valence-electron chi connectivity index (χ1n) is 9.43. The van der Waals surface area contributed by atoms with Crippen LogP contribution in [0, 0.1) is 0 Å². The Morgan fingerprint density at radius 3 is 2.40 bits per heavy atom. The molecule has 3 N–H and O–H groups in total. The van der Waals surface area contributed by atoms with Crippen LogP contribution in [0.15, 0.2) is 95.2 Å². The lowest BCUT2D eigenvalue weighted by Crippen LogP contribution is -2.24. The molecule has 0 saturated heterocycles. The number of carbonyl (C=O) groups excluding carboxylic acids is 1. The van der Waals surface area contributed by atoms with E-state index in [4.69, 9.17) is 0 Å². The van der Waals surface area contributed by atoms with Gasteiger partial charge in [-0.3, -0.25) is 4.79 Å². The largest absolute Gasteiger partial charge is 0.382 e. The molecule has 0 bridgehead atoms. The van der Waals surface area contributed by atoms with Crippen LogP contribution in [0.5, 0.6) is 0 Å². The Labute approximate surface area is 178 Å². The lowest BCUT2D eigenvalue weighted by atomic mass is 9.99. The molecule has 0 aliphatic rings. The fourth-order valence-corrected chi connectivity index (χ4v) is 3.65. The van der Waals surface area contributed by atoms with E-state index < -0.39 is 6.10 Å². The van der Waals surface area contributed by atoms with Gasteiger partial charge in [0, 0.05) is 5.56 Å². The number of para-hydroxylation sites is 2. The minimum Gasteiger partial charge on any atom is -0.382 e. The summed E-state index contributed by atoms with van der Waals surface area (Å²) in [5.74, 6) is -0.138. The van der Waals surface area contributed by atoms with E-state index in [1.165, 1.54) is 11.8 Å². The SMILES string of the molecule is O=C(CSc1nc2ccccc2[nH]1)N/N=C(/c1ccccc1)C(O)c1ccccc1. The molecule has 1 atom stereocenters. The van der Waals surface area contributed by atoms with Crippen molar-refractivity contribution in [1.82, 2.24) is 15.4 Å². The quantitative estimate of drug-likeness (QED) is 0.242. The predicted octanol–water partition coefficient (Wildman–Crippen LogP) is 3.91. The molecule has 1 aromatic heterocycles. The van der Waals surface area contributed by atoms with E-state index in [0.29, 0.717) is 16.4 Å². The summed E-state index contributed by atoms with van der Waals surface area (Å²) in [6.45, 7) is 0. The molecule has 4 aromatic rings. The van der Waals surface area contributed by atoms with Gasteiger partial charge in [-0.1, -0.05) is 84.6 Å². The summed E-state index contributed by atoms with van der Waals surface area (Å²) in [7, 11) is 0. The van der Waals surface area contributed by atoms with Gasteiger partial charge in [-0.25, -0.2) is 10.4 Å². The zero-order chi connectivity index (χ0) is 20.8. The number of nitrogens with zero attached hydrogens (tertiary/aromatic N) is 2. The van der Waals surface area contributed by atoms with Gasteiger partial charge < -0.3 is 10.1 Å². The molecule has 150 valence electrons. The van der Waals surface area contributed by atoms with Crippen LogP contribution in [-0.2, 0) is 4.79 Å². The Morgan fingerprint density at radius 2 is 1.67 bits per heavy atom. The first-order valence-corrected chi connectivity index (χ1v) is 10.4. The molecule has 1 amide bonds. The fraction of sp³-hybridized carbons (Fsp3) is 0.0870. The van der Waals surface area contributed by atoms with Crippen molar-refractivity contribution in [3.63, 3.8) is 0 Å². The maximum atomic E-state index is 12.4. The molecule has 1 heterocycles. The molecule has 7 heteroatoms. The second-order valence-corrected chi connectivity index (χ2v) is 7.52. The Bertz CT molecular complexity index is 1130. The number of hydrogen-bond acceptors (Lipinski definition) is 5. The molecular formula is C23H20N4O2S. The van der Waals surface area contributed by atoms with Gasteiger partial charge in [0.15, 0.2) is 5.16 Å². The van der Waals surface area contributed by atoms with Gasteiger partial charge >= 0.3 is 0 Å². The molecule has 6 nitrogen and oxygen atoms in total. The third-order valence-corrected chi connectivity index (χ3v) is 5.33. The van der Waals surface area contributed by atoms with Crippen LogP contribution >= 0.6 is 11.8 Å². The minimum atomic E-state index is -0.961. The molecule has 4 rings (SSSR count). The summed E-state index contributed by atoms with van der Waals surface area (Å²) in [5.41, 5.74) is 6.16. The van der Waals surface area contributed by atoms with Crippen LogP contribution in [-0.4, -0.2) is 32.4 Å². The third-order valence-electron chi connectivity index (χ3n) is 4.45. The number of carbonyl (C=O) groups is 1. The van der Waals surface area contributed by atoms with Crippen LogP contribution in [0.1, 0.15) is 17.2 Å². The number of aromatic amines is 1. The van der Waals surface area contributed by atoms with Crippen LogP contribution in [0.2, 0.25) is 0 Å². The average molecular weight is 417 g/mol. The number of hydrogen-bond donors (Lipinski definition) is 3. The molecule has 0 aliphatic carbocycles. The molecule has 30 heavy (non-hydrogen) atoms. The van der Waals surface area contributed by atoms with E-state index >= 15 is 0 Å². The van der Waals surface area contributed by atoms with Gasteiger partial charge in [0.05, 0.1) is 16.8 Å². The van der Waals surface area contributed by atoms with E-state index in [-0.39, 0.29) is 11.7 Å². The van der Waals surface area contributed by atoms with Crippen molar-refractivity contribution in [3.8, 4) is 0 Å². The standard InChI is InChI=1S/C23H20N4O2S/c28-20(15-30-23-24-18-13-7-8-14-19(18)25-23)26-27-21(16-9-3-1-4-10-16)22(29)17-11-5-2-6-12-17/h1-14,22,29H,15H2,(H,24,25)(H,26,28)/b27-21-. The molecule has 0 fully saturated rings. The first kappa shape index (κ1) is 19.9. The zero-order valence-corrected chi connectivity index (χ0v) is 16.8. The number of rotatable bonds is 7. The minimum absolute atomic E-state index is 0.146. The first-order chi connectivity index (χ1) is 14.7. The Balaban J connectivity index is 1.46. The Morgan fingerprint density at radius 1 is 1.00 bits per heavy atom. The van der Waals surface area contributed by atoms with Crippen molar-refractivity contribution in [3.05, 3.63) is 96.1 Å². The number of amides is 1. The number of aliphatic hydroxyl groups excluding tert-OH is 1. The highest BCUT2D eigenvalue weighted by Gasteiger charge is 2.18. The van der Waals surface area contributed by atoms with Crippen molar-refractivity contribution >= 4 is 34.4 Å². The zero-order valence-electron chi connectivity index (χ0n) is 16.0. The van der Waals surface area contributed by atoms with Crippen LogP contribution in [0.3, 0.4) is 0 Å². The molecule has 1 unspecified atom stereocenters. The Kier molecular flexibility index (Phi) is 6.22. The van der Waals surface area contributed by atoms with Crippen molar-refractivity contribution < 1.29 is 9.90 Å². The van der Waals surface area contributed by atoms with Crippen LogP contribution in [0.25, 0.3) is 11.0 Å². The molecule has 0 radical (unpaired) electrons. The van der Waals surface area contributed by atoms with Crippen LogP contribution in [0.4, 0.5) is 0 Å². The van der Waals surface area contributed by atoms with Gasteiger partial charge in [-0.15, -0.1) is 0 Å². The summed E-state index contributed by atoms with van der Waals surface area (Å²) in [6, 6.07) is 26.2. The number of fused-ring (bicyclic) bond motifs is 1. The third kappa shape index (κ3) is 4.76. The summed E-state index contributed by atoms with van der Waals surface area (Å²) in [4.78, 5) is 20.0. The molecule has 0 aliphatic heterocycles.